The fourth-order valence-electron chi connectivity index (χ4n) is 7.21. The minimum absolute atomic E-state index is 0.0927. The molecule has 0 heterocycles. The van der Waals surface area contributed by atoms with Crippen molar-refractivity contribution >= 4 is 17.8 Å². The molecule has 0 aromatic rings. The predicted octanol–water partition coefficient (Wildman–Crippen LogP) is 3.35. The van der Waals surface area contributed by atoms with E-state index in [1.165, 1.54) is 0 Å². The fraction of sp³-hybridized carbons (Fsp3) is 0.864. The molecule has 0 bridgehead atoms. The average Bonchev–Trinajstić information content (AvgIpc) is 2.95. The number of Topliss-reactive ketones (excluding diaryl/α,β-unsaturated/α-hetero) is 2. The standard InChI is InChI=1S/C22H34N2O3/c1-21-7-5-14(13-24-27-10-9-23)11-18(21)19(25)12-15-16-3-4-20(26)22(16,2)8-6-17(15)21/h13-18H,3-12,23H2,1-2H3/b24-13+/t14?,15-,16-,17+,18?,21+,22-/m0/s1. The Bertz CT molecular complexity index is 647. The van der Waals surface area contributed by atoms with Gasteiger partial charge in [-0.25, -0.2) is 0 Å². The summed E-state index contributed by atoms with van der Waals surface area (Å²) in [6.07, 6.45) is 9.48. The van der Waals surface area contributed by atoms with Crippen molar-refractivity contribution in [3.63, 3.8) is 0 Å². The molecule has 2 N–H and O–H groups in total. The molecule has 0 aliphatic heterocycles. The highest BCUT2D eigenvalue weighted by atomic mass is 16.6. The summed E-state index contributed by atoms with van der Waals surface area (Å²) in [7, 11) is 0. The van der Waals surface area contributed by atoms with Gasteiger partial charge in [0.25, 0.3) is 0 Å². The highest BCUT2D eigenvalue weighted by molar-refractivity contribution is 5.88. The summed E-state index contributed by atoms with van der Waals surface area (Å²) in [5.41, 5.74) is 5.36. The van der Waals surface area contributed by atoms with Crippen molar-refractivity contribution in [1.82, 2.24) is 0 Å². The molecule has 4 fully saturated rings. The minimum atomic E-state index is -0.158. The van der Waals surface area contributed by atoms with E-state index in [2.05, 4.69) is 19.0 Å². The molecule has 2 unspecified atom stereocenters. The van der Waals surface area contributed by atoms with Crippen LogP contribution < -0.4 is 5.73 Å². The first kappa shape index (κ1) is 19.1. The Kier molecular flexibility index (Phi) is 4.94. The Morgan fingerprint density at radius 1 is 1.19 bits per heavy atom. The molecule has 7 atom stereocenters. The van der Waals surface area contributed by atoms with E-state index in [0.29, 0.717) is 54.8 Å². The van der Waals surface area contributed by atoms with E-state index >= 15 is 0 Å². The molecular formula is C22H34N2O3. The number of carbonyl (C=O) groups is 2. The van der Waals surface area contributed by atoms with Crippen LogP contribution in [-0.2, 0) is 14.4 Å². The van der Waals surface area contributed by atoms with Crippen LogP contribution in [0.25, 0.3) is 0 Å². The molecule has 0 amide bonds. The van der Waals surface area contributed by atoms with Crippen LogP contribution in [0.5, 0.6) is 0 Å². The van der Waals surface area contributed by atoms with Crippen LogP contribution in [-0.4, -0.2) is 30.9 Å². The zero-order valence-corrected chi connectivity index (χ0v) is 16.8. The first-order valence-corrected chi connectivity index (χ1v) is 10.8. The van der Waals surface area contributed by atoms with Crippen LogP contribution in [0.2, 0.25) is 0 Å². The summed E-state index contributed by atoms with van der Waals surface area (Å²) in [6, 6.07) is 0. The second-order valence-electron chi connectivity index (χ2n) is 9.93. The molecule has 0 saturated heterocycles. The van der Waals surface area contributed by atoms with Gasteiger partial charge >= 0.3 is 0 Å². The second kappa shape index (κ2) is 6.98. The molecule has 0 radical (unpaired) electrons. The lowest BCUT2D eigenvalue weighted by Crippen LogP contribution is -2.56. The summed E-state index contributed by atoms with van der Waals surface area (Å²) in [5, 5.41) is 4.06. The molecular weight excluding hydrogens is 340 g/mol. The first-order chi connectivity index (χ1) is 12.9. The van der Waals surface area contributed by atoms with Gasteiger partial charge in [0.15, 0.2) is 0 Å². The lowest BCUT2D eigenvalue weighted by Gasteiger charge is -2.59. The van der Waals surface area contributed by atoms with Gasteiger partial charge in [0.2, 0.25) is 0 Å². The van der Waals surface area contributed by atoms with Crippen molar-refractivity contribution in [2.24, 2.45) is 51.3 Å². The van der Waals surface area contributed by atoms with Crippen molar-refractivity contribution in [3.05, 3.63) is 0 Å². The highest BCUT2D eigenvalue weighted by Crippen LogP contribution is 2.65. The quantitative estimate of drug-likeness (QED) is 0.465. The summed E-state index contributed by atoms with van der Waals surface area (Å²) in [5.74, 6) is 2.78. The summed E-state index contributed by atoms with van der Waals surface area (Å²) in [6.45, 7) is 5.44. The Balaban J connectivity index is 1.52. The van der Waals surface area contributed by atoms with Gasteiger partial charge in [-0.2, -0.15) is 0 Å². The summed E-state index contributed by atoms with van der Waals surface area (Å²) >= 11 is 0. The van der Waals surface area contributed by atoms with Crippen LogP contribution >= 0.6 is 0 Å². The first-order valence-electron chi connectivity index (χ1n) is 10.8. The third-order valence-corrected chi connectivity index (χ3v) is 8.76. The minimum Gasteiger partial charge on any atom is -0.395 e. The predicted molar refractivity (Wildman–Crippen MR) is 104 cm³/mol. The van der Waals surface area contributed by atoms with E-state index in [0.717, 1.165) is 44.9 Å². The average molecular weight is 375 g/mol. The van der Waals surface area contributed by atoms with Gasteiger partial charge in [0.05, 0.1) is 0 Å². The van der Waals surface area contributed by atoms with Gasteiger partial charge in [-0.15, -0.1) is 0 Å². The molecule has 0 aromatic carbocycles. The molecule has 0 aromatic heterocycles. The zero-order valence-electron chi connectivity index (χ0n) is 16.8. The zero-order chi connectivity index (χ0) is 19.2. The largest absolute Gasteiger partial charge is 0.395 e. The lowest BCUT2D eigenvalue weighted by molar-refractivity contribution is -0.156. The Labute approximate surface area is 162 Å². The van der Waals surface area contributed by atoms with Crippen LogP contribution in [0.4, 0.5) is 0 Å². The fourth-order valence-corrected chi connectivity index (χ4v) is 7.21. The molecule has 27 heavy (non-hydrogen) atoms. The number of hydrogen-bond acceptors (Lipinski definition) is 5. The maximum absolute atomic E-state index is 13.2. The van der Waals surface area contributed by atoms with Gasteiger partial charge in [0, 0.05) is 36.9 Å². The van der Waals surface area contributed by atoms with E-state index in [4.69, 9.17) is 10.6 Å². The topological polar surface area (TPSA) is 81.8 Å². The molecule has 150 valence electrons. The maximum atomic E-state index is 13.2. The van der Waals surface area contributed by atoms with Gasteiger partial charge in [-0.3, -0.25) is 9.59 Å². The van der Waals surface area contributed by atoms with E-state index < -0.39 is 0 Å². The number of nitrogens with two attached hydrogens (primary N) is 1. The van der Waals surface area contributed by atoms with E-state index in [-0.39, 0.29) is 16.7 Å². The molecule has 5 heteroatoms. The third kappa shape index (κ3) is 2.97. The normalized spacial score (nSPS) is 46.9. The molecule has 4 aliphatic rings. The van der Waals surface area contributed by atoms with Crippen LogP contribution in [0.1, 0.15) is 65.2 Å². The van der Waals surface area contributed by atoms with Crippen molar-refractivity contribution in [1.29, 1.82) is 0 Å². The molecule has 4 rings (SSSR count). The summed E-state index contributed by atoms with van der Waals surface area (Å²) in [4.78, 5) is 30.9. The number of hydrogen-bond donors (Lipinski definition) is 1. The van der Waals surface area contributed by atoms with Gasteiger partial charge in [0.1, 0.15) is 18.2 Å². The smallest absolute Gasteiger partial charge is 0.139 e. The van der Waals surface area contributed by atoms with Crippen LogP contribution in [0.15, 0.2) is 5.16 Å². The Hall–Kier alpha value is -1.23. The van der Waals surface area contributed by atoms with Crippen LogP contribution in [0, 0.1) is 40.4 Å². The number of nitrogens with zero attached hydrogens (tertiary/aromatic N) is 1. The van der Waals surface area contributed by atoms with Crippen molar-refractivity contribution in [2.45, 2.75) is 65.2 Å². The molecule has 4 aliphatic carbocycles. The number of rotatable bonds is 4. The molecule has 5 nitrogen and oxygen atoms in total. The number of fused-ring (bicyclic) bond motifs is 5. The monoisotopic (exact) mass is 374 g/mol. The van der Waals surface area contributed by atoms with Crippen LogP contribution in [0.3, 0.4) is 0 Å². The highest BCUT2D eigenvalue weighted by Gasteiger charge is 2.62. The molecule has 4 saturated carbocycles. The number of ketones is 2. The number of oxime groups is 1. The molecule has 0 spiro atoms. The number of carbonyl (C=O) groups excluding carboxylic acids is 2. The van der Waals surface area contributed by atoms with Crippen molar-refractivity contribution in [3.8, 4) is 0 Å². The van der Waals surface area contributed by atoms with E-state index in [1.54, 1.807) is 0 Å². The van der Waals surface area contributed by atoms with Gasteiger partial charge in [-0.05, 0) is 67.6 Å². The maximum Gasteiger partial charge on any atom is 0.139 e. The SMILES string of the molecule is C[C@]12CCC(/C=N/OCCN)CC1C(=O)C[C@@H]1[C@H]2CC[C@]2(C)C(=O)CC[C@@H]12. The Morgan fingerprint density at radius 3 is 2.78 bits per heavy atom. The van der Waals surface area contributed by atoms with E-state index in [9.17, 15) is 9.59 Å². The lowest BCUT2D eigenvalue weighted by atomic mass is 9.44. The third-order valence-electron chi connectivity index (χ3n) is 8.76. The van der Waals surface area contributed by atoms with Gasteiger partial charge < -0.3 is 10.6 Å². The Morgan fingerprint density at radius 2 is 2.00 bits per heavy atom. The van der Waals surface area contributed by atoms with Crippen molar-refractivity contribution in [2.75, 3.05) is 13.2 Å². The second-order valence-corrected chi connectivity index (χ2v) is 9.93. The van der Waals surface area contributed by atoms with Crippen molar-refractivity contribution < 1.29 is 14.4 Å². The van der Waals surface area contributed by atoms with Gasteiger partial charge in [-0.1, -0.05) is 19.0 Å². The summed E-state index contributed by atoms with van der Waals surface area (Å²) < 4.78 is 0. The van der Waals surface area contributed by atoms with E-state index in [1.807, 2.05) is 6.21 Å².